The van der Waals surface area contributed by atoms with Gasteiger partial charge in [-0.15, -0.1) is 0 Å². The standard InChI is InChI=1S/C15H31NO2/c1-7-9-17-10-8-13(16-6)12-11-14(2,3)18-15(12,4)5/h12-13,16H,7-11H2,1-6H3. The van der Waals surface area contributed by atoms with E-state index in [1.165, 1.54) is 0 Å². The quantitative estimate of drug-likeness (QED) is 0.711. The maximum absolute atomic E-state index is 6.18. The fourth-order valence-electron chi connectivity index (χ4n) is 3.24. The van der Waals surface area contributed by atoms with Gasteiger partial charge in [-0.25, -0.2) is 0 Å². The molecule has 2 atom stereocenters. The Morgan fingerprint density at radius 3 is 2.39 bits per heavy atom. The predicted molar refractivity (Wildman–Crippen MR) is 75.9 cm³/mol. The molecular formula is C15H31NO2. The van der Waals surface area contributed by atoms with Gasteiger partial charge in [0.2, 0.25) is 0 Å². The lowest BCUT2D eigenvalue weighted by atomic mass is 9.80. The molecule has 0 amide bonds. The lowest BCUT2D eigenvalue weighted by Gasteiger charge is -2.32. The van der Waals surface area contributed by atoms with E-state index >= 15 is 0 Å². The Labute approximate surface area is 113 Å². The third kappa shape index (κ3) is 4.22. The number of hydrogen-bond acceptors (Lipinski definition) is 3. The highest BCUT2D eigenvalue weighted by Gasteiger charge is 2.48. The number of rotatable bonds is 7. The molecule has 0 aliphatic carbocycles. The second-order valence-electron chi connectivity index (χ2n) is 6.57. The molecule has 0 bridgehead atoms. The molecule has 1 aliphatic heterocycles. The van der Waals surface area contributed by atoms with Gasteiger partial charge >= 0.3 is 0 Å². The van der Waals surface area contributed by atoms with Crippen molar-refractivity contribution in [3.05, 3.63) is 0 Å². The SMILES string of the molecule is CCCOCCC(NC)C1CC(C)(C)OC1(C)C. The first-order valence-electron chi connectivity index (χ1n) is 7.27. The molecule has 0 radical (unpaired) electrons. The average Bonchev–Trinajstić information content (AvgIpc) is 2.47. The van der Waals surface area contributed by atoms with Gasteiger partial charge in [0.05, 0.1) is 11.2 Å². The molecular weight excluding hydrogens is 226 g/mol. The van der Waals surface area contributed by atoms with E-state index in [2.05, 4.69) is 39.9 Å². The summed E-state index contributed by atoms with van der Waals surface area (Å²) in [7, 11) is 2.05. The van der Waals surface area contributed by atoms with Gasteiger partial charge in [0.15, 0.2) is 0 Å². The van der Waals surface area contributed by atoms with Gasteiger partial charge in [0.1, 0.15) is 0 Å². The zero-order chi connectivity index (χ0) is 13.8. The van der Waals surface area contributed by atoms with Gasteiger partial charge in [-0.2, -0.15) is 0 Å². The molecule has 0 saturated carbocycles. The highest BCUT2D eigenvalue weighted by Crippen LogP contribution is 2.44. The molecule has 0 aromatic carbocycles. The van der Waals surface area contributed by atoms with Crippen LogP contribution in [0.4, 0.5) is 0 Å². The molecule has 18 heavy (non-hydrogen) atoms. The van der Waals surface area contributed by atoms with E-state index < -0.39 is 0 Å². The Bertz CT molecular complexity index is 251. The first-order valence-corrected chi connectivity index (χ1v) is 7.27. The summed E-state index contributed by atoms with van der Waals surface area (Å²) in [6, 6.07) is 0.471. The summed E-state index contributed by atoms with van der Waals surface area (Å²) in [5.74, 6) is 0.544. The second-order valence-corrected chi connectivity index (χ2v) is 6.57. The van der Waals surface area contributed by atoms with Gasteiger partial charge < -0.3 is 14.8 Å². The molecule has 0 aromatic rings. The number of ether oxygens (including phenoxy) is 2. The molecule has 1 saturated heterocycles. The van der Waals surface area contributed by atoms with Crippen LogP contribution >= 0.6 is 0 Å². The monoisotopic (exact) mass is 257 g/mol. The van der Waals surface area contributed by atoms with Crippen molar-refractivity contribution >= 4 is 0 Å². The highest BCUT2D eigenvalue weighted by molar-refractivity contribution is 4.99. The van der Waals surface area contributed by atoms with Crippen LogP contribution in [0.15, 0.2) is 0 Å². The molecule has 1 aliphatic rings. The fourth-order valence-corrected chi connectivity index (χ4v) is 3.24. The fraction of sp³-hybridized carbons (Fsp3) is 1.00. The summed E-state index contributed by atoms with van der Waals surface area (Å²) in [4.78, 5) is 0. The lowest BCUT2D eigenvalue weighted by molar-refractivity contribution is -0.0782. The van der Waals surface area contributed by atoms with Crippen molar-refractivity contribution in [1.29, 1.82) is 0 Å². The van der Waals surface area contributed by atoms with E-state index in [4.69, 9.17) is 9.47 Å². The summed E-state index contributed by atoms with van der Waals surface area (Å²) >= 11 is 0. The predicted octanol–water partition coefficient (Wildman–Crippen LogP) is 2.98. The number of nitrogens with one attached hydrogen (secondary N) is 1. The Hall–Kier alpha value is -0.120. The number of hydrogen-bond donors (Lipinski definition) is 1. The van der Waals surface area contributed by atoms with Gasteiger partial charge in [-0.1, -0.05) is 6.92 Å². The zero-order valence-corrected chi connectivity index (χ0v) is 13.0. The molecule has 3 heteroatoms. The van der Waals surface area contributed by atoms with Crippen molar-refractivity contribution in [3.63, 3.8) is 0 Å². The van der Waals surface area contributed by atoms with E-state index in [0.29, 0.717) is 12.0 Å². The van der Waals surface area contributed by atoms with Gasteiger partial charge in [0.25, 0.3) is 0 Å². The molecule has 1 heterocycles. The van der Waals surface area contributed by atoms with E-state index in [-0.39, 0.29) is 11.2 Å². The maximum atomic E-state index is 6.18. The van der Waals surface area contributed by atoms with E-state index in [1.807, 2.05) is 7.05 Å². The van der Waals surface area contributed by atoms with Crippen LogP contribution in [0, 0.1) is 5.92 Å². The van der Waals surface area contributed by atoms with Crippen LogP contribution in [0.5, 0.6) is 0 Å². The summed E-state index contributed by atoms with van der Waals surface area (Å²) in [5, 5.41) is 3.45. The van der Waals surface area contributed by atoms with Crippen molar-refractivity contribution < 1.29 is 9.47 Å². The largest absolute Gasteiger partial charge is 0.381 e. The second kappa shape index (κ2) is 6.36. The summed E-state index contributed by atoms with van der Waals surface area (Å²) in [6.07, 6.45) is 3.26. The molecule has 1 rings (SSSR count). The topological polar surface area (TPSA) is 30.5 Å². The zero-order valence-electron chi connectivity index (χ0n) is 13.0. The van der Waals surface area contributed by atoms with Crippen LogP contribution in [-0.4, -0.2) is 37.5 Å². The molecule has 1 N–H and O–H groups in total. The normalized spacial score (nSPS) is 27.3. The molecule has 108 valence electrons. The van der Waals surface area contributed by atoms with E-state index in [1.54, 1.807) is 0 Å². The smallest absolute Gasteiger partial charge is 0.0677 e. The Morgan fingerprint density at radius 2 is 1.94 bits per heavy atom. The summed E-state index contributed by atoms with van der Waals surface area (Å²) in [6.45, 7) is 12.7. The van der Waals surface area contributed by atoms with Gasteiger partial charge in [-0.3, -0.25) is 0 Å². The van der Waals surface area contributed by atoms with Crippen LogP contribution in [0.3, 0.4) is 0 Å². The molecule has 2 unspecified atom stereocenters. The maximum Gasteiger partial charge on any atom is 0.0677 e. The van der Waals surface area contributed by atoms with Crippen molar-refractivity contribution in [2.45, 2.75) is 71.1 Å². The third-order valence-electron chi connectivity index (χ3n) is 3.92. The first kappa shape index (κ1) is 15.9. The molecule has 0 spiro atoms. The van der Waals surface area contributed by atoms with Crippen LogP contribution in [0.25, 0.3) is 0 Å². The minimum atomic E-state index is -0.0536. The highest BCUT2D eigenvalue weighted by atomic mass is 16.5. The Balaban J connectivity index is 2.54. The lowest BCUT2D eigenvalue weighted by Crippen LogP contribution is -2.43. The van der Waals surface area contributed by atoms with Crippen molar-refractivity contribution in [2.75, 3.05) is 20.3 Å². The minimum absolute atomic E-state index is 0.00641. The molecule has 3 nitrogen and oxygen atoms in total. The molecule has 1 fully saturated rings. The minimum Gasteiger partial charge on any atom is -0.381 e. The average molecular weight is 257 g/mol. The first-order chi connectivity index (χ1) is 8.32. The Kier molecular flexibility index (Phi) is 5.63. The van der Waals surface area contributed by atoms with Crippen molar-refractivity contribution in [2.24, 2.45) is 5.92 Å². The van der Waals surface area contributed by atoms with Crippen molar-refractivity contribution in [3.8, 4) is 0 Å². The third-order valence-corrected chi connectivity index (χ3v) is 3.92. The van der Waals surface area contributed by atoms with Gasteiger partial charge in [0, 0.05) is 25.2 Å². The van der Waals surface area contributed by atoms with Crippen molar-refractivity contribution in [1.82, 2.24) is 5.32 Å². The van der Waals surface area contributed by atoms with Crippen LogP contribution in [0.1, 0.15) is 53.9 Å². The summed E-state index contributed by atoms with van der Waals surface area (Å²) < 4.78 is 11.8. The molecule has 0 aromatic heterocycles. The van der Waals surface area contributed by atoms with Gasteiger partial charge in [-0.05, 0) is 54.0 Å². The van der Waals surface area contributed by atoms with Crippen LogP contribution in [0.2, 0.25) is 0 Å². The van der Waals surface area contributed by atoms with E-state index in [9.17, 15) is 0 Å². The summed E-state index contributed by atoms with van der Waals surface area (Å²) in [5.41, 5.74) is -0.0600. The van der Waals surface area contributed by atoms with Crippen LogP contribution < -0.4 is 5.32 Å². The Morgan fingerprint density at radius 1 is 1.28 bits per heavy atom. The van der Waals surface area contributed by atoms with E-state index in [0.717, 1.165) is 32.5 Å². The van der Waals surface area contributed by atoms with Crippen LogP contribution in [-0.2, 0) is 9.47 Å².